The van der Waals surface area contributed by atoms with Crippen molar-refractivity contribution in [3.63, 3.8) is 0 Å². The van der Waals surface area contributed by atoms with Gasteiger partial charge < -0.3 is 0 Å². The lowest BCUT2D eigenvalue weighted by atomic mass is 9.74. The SMILES string of the molecule is CC.CC12C=CCCC1CC=C2. The monoisotopic (exact) mass is 164 g/mol. The summed E-state index contributed by atoms with van der Waals surface area (Å²) in [5, 5.41) is 0. The molecule has 0 aromatic carbocycles. The second kappa shape index (κ2) is 3.93. The second-order valence-electron chi connectivity index (χ2n) is 3.68. The number of hydrogen-bond acceptors (Lipinski definition) is 0. The van der Waals surface area contributed by atoms with Crippen LogP contribution in [0.1, 0.15) is 40.0 Å². The molecule has 0 radical (unpaired) electrons. The van der Waals surface area contributed by atoms with Crippen LogP contribution in [0.4, 0.5) is 0 Å². The molecule has 68 valence electrons. The van der Waals surface area contributed by atoms with Crippen LogP contribution in [-0.4, -0.2) is 0 Å². The zero-order chi connectivity index (χ0) is 9.03. The van der Waals surface area contributed by atoms with Gasteiger partial charge in [-0.3, -0.25) is 0 Å². The molecule has 0 spiro atoms. The lowest BCUT2D eigenvalue weighted by Crippen LogP contribution is -2.21. The summed E-state index contributed by atoms with van der Waals surface area (Å²) in [4.78, 5) is 0. The molecule has 0 aromatic rings. The number of fused-ring (bicyclic) bond motifs is 1. The first-order valence-corrected chi connectivity index (χ1v) is 5.17. The molecular weight excluding hydrogens is 144 g/mol. The Kier molecular flexibility index (Phi) is 3.13. The predicted octanol–water partition coefficient (Wildman–Crippen LogP) is 3.95. The number of rotatable bonds is 0. The van der Waals surface area contributed by atoms with Crippen LogP contribution in [0.3, 0.4) is 0 Å². The molecule has 0 fully saturated rings. The summed E-state index contributed by atoms with van der Waals surface area (Å²) < 4.78 is 0. The summed E-state index contributed by atoms with van der Waals surface area (Å²) in [5.41, 5.74) is 0.429. The summed E-state index contributed by atoms with van der Waals surface area (Å²) >= 11 is 0. The van der Waals surface area contributed by atoms with Gasteiger partial charge in [0.25, 0.3) is 0 Å². The van der Waals surface area contributed by atoms with Gasteiger partial charge in [-0.15, -0.1) is 0 Å². The van der Waals surface area contributed by atoms with Gasteiger partial charge in [-0.2, -0.15) is 0 Å². The Morgan fingerprint density at radius 1 is 1.17 bits per heavy atom. The van der Waals surface area contributed by atoms with Crippen molar-refractivity contribution >= 4 is 0 Å². The highest BCUT2D eigenvalue weighted by Crippen LogP contribution is 2.44. The zero-order valence-corrected chi connectivity index (χ0v) is 8.51. The van der Waals surface area contributed by atoms with Crippen LogP contribution < -0.4 is 0 Å². The minimum atomic E-state index is 0.429. The standard InChI is InChI=1S/C10H14.C2H6/c1-10-7-3-2-5-9(10)6-4-8-10;1-2/h3-4,7-9H,2,5-6H2,1H3;1-2H3. The highest BCUT2D eigenvalue weighted by Gasteiger charge is 2.33. The third-order valence-electron chi connectivity index (χ3n) is 2.94. The molecule has 0 heterocycles. The fraction of sp³-hybridized carbons (Fsp3) is 0.667. The van der Waals surface area contributed by atoms with Crippen LogP contribution in [0.5, 0.6) is 0 Å². The van der Waals surface area contributed by atoms with Gasteiger partial charge in [0, 0.05) is 5.41 Å². The maximum atomic E-state index is 2.38. The molecule has 2 aliphatic carbocycles. The fourth-order valence-corrected chi connectivity index (χ4v) is 2.13. The summed E-state index contributed by atoms with van der Waals surface area (Å²) in [7, 11) is 0. The van der Waals surface area contributed by atoms with Crippen LogP contribution in [0.25, 0.3) is 0 Å². The van der Waals surface area contributed by atoms with Crippen LogP contribution in [0.15, 0.2) is 24.3 Å². The Morgan fingerprint density at radius 3 is 2.50 bits per heavy atom. The Morgan fingerprint density at radius 2 is 1.83 bits per heavy atom. The van der Waals surface area contributed by atoms with E-state index in [1.165, 1.54) is 19.3 Å². The van der Waals surface area contributed by atoms with Crippen LogP contribution in [-0.2, 0) is 0 Å². The molecule has 12 heavy (non-hydrogen) atoms. The molecule has 0 aliphatic heterocycles. The van der Waals surface area contributed by atoms with Crippen LogP contribution >= 0.6 is 0 Å². The van der Waals surface area contributed by atoms with Gasteiger partial charge in [-0.25, -0.2) is 0 Å². The van der Waals surface area contributed by atoms with Gasteiger partial charge in [-0.05, 0) is 25.2 Å². The average molecular weight is 164 g/mol. The second-order valence-corrected chi connectivity index (χ2v) is 3.68. The molecule has 0 bridgehead atoms. The molecule has 0 heteroatoms. The minimum absolute atomic E-state index is 0.429. The molecule has 2 aliphatic rings. The maximum Gasteiger partial charge on any atom is 0.00639 e. The highest BCUT2D eigenvalue weighted by atomic mass is 14.4. The van der Waals surface area contributed by atoms with Gasteiger partial charge in [0.15, 0.2) is 0 Å². The quantitative estimate of drug-likeness (QED) is 0.476. The van der Waals surface area contributed by atoms with E-state index in [1.807, 2.05) is 13.8 Å². The van der Waals surface area contributed by atoms with E-state index in [0.717, 1.165) is 5.92 Å². The van der Waals surface area contributed by atoms with Crippen molar-refractivity contribution in [3.05, 3.63) is 24.3 Å². The summed E-state index contributed by atoms with van der Waals surface area (Å²) in [6, 6.07) is 0. The van der Waals surface area contributed by atoms with Gasteiger partial charge in [0.2, 0.25) is 0 Å². The first-order valence-electron chi connectivity index (χ1n) is 5.17. The number of allylic oxidation sites excluding steroid dienone is 4. The van der Waals surface area contributed by atoms with E-state index in [-0.39, 0.29) is 0 Å². The van der Waals surface area contributed by atoms with Crippen molar-refractivity contribution < 1.29 is 0 Å². The molecule has 0 saturated carbocycles. The average Bonchev–Trinajstić information content (AvgIpc) is 2.49. The van der Waals surface area contributed by atoms with Gasteiger partial charge in [-0.1, -0.05) is 45.1 Å². The molecule has 0 saturated heterocycles. The molecule has 0 aromatic heterocycles. The van der Waals surface area contributed by atoms with Crippen LogP contribution in [0, 0.1) is 11.3 Å². The van der Waals surface area contributed by atoms with Crippen LogP contribution in [0.2, 0.25) is 0 Å². The summed E-state index contributed by atoms with van der Waals surface area (Å²) in [6.07, 6.45) is 13.4. The Labute approximate surface area is 76.4 Å². The lowest BCUT2D eigenvalue weighted by Gasteiger charge is -2.30. The maximum absolute atomic E-state index is 2.38. The van der Waals surface area contributed by atoms with Crippen molar-refractivity contribution in [1.29, 1.82) is 0 Å². The zero-order valence-electron chi connectivity index (χ0n) is 8.51. The smallest absolute Gasteiger partial charge is 0.00639 e. The highest BCUT2D eigenvalue weighted by molar-refractivity contribution is 5.20. The fourth-order valence-electron chi connectivity index (χ4n) is 2.13. The van der Waals surface area contributed by atoms with E-state index in [2.05, 4.69) is 31.2 Å². The minimum Gasteiger partial charge on any atom is -0.0877 e. The predicted molar refractivity (Wildman–Crippen MR) is 55.1 cm³/mol. The normalized spacial score (nSPS) is 37.1. The van der Waals surface area contributed by atoms with Crippen molar-refractivity contribution in [2.45, 2.75) is 40.0 Å². The van der Waals surface area contributed by atoms with Crippen molar-refractivity contribution in [2.75, 3.05) is 0 Å². The van der Waals surface area contributed by atoms with Gasteiger partial charge in [0.05, 0.1) is 0 Å². The third-order valence-corrected chi connectivity index (χ3v) is 2.94. The van der Waals surface area contributed by atoms with Crippen molar-refractivity contribution in [1.82, 2.24) is 0 Å². The van der Waals surface area contributed by atoms with E-state index >= 15 is 0 Å². The molecule has 0 amide bonds. The summed E-state index contributed by atoms with van der Waals surface area (Å²) in [5.74, 6) is 0.914. The lowest BCUT2D eigenvalue weighted by molar-refractivity contribution is 0.317. The van der Waals surface area contributed by atoms with E-state index in [4.69, 9.17) is 0 Å². The summed E-state index contributed by atoms with van der Waals surface area (Å²) in [6.45, 7) is 6.34. The molecule has 2 atom stereocenters. The van der Waals surface area contributed by atoms with E-state index in [1.54, 1.807) is 0 Å². The van der Waals surface area contributed by atoms with Crippen molar-refractivity contribution in [2.24, 2.45) is 11.3 Å². The topological polar surface area (TPSA) is 0 Å². The Balaban J connectivity index is 0.000000336. The Hall–Kier alpha value is -0.520. The van der Waals surface area contributed by atoms with E-state index in [9.17, 15) is 0 Å². The molecular formula is C12H20. The number of hydrogen-bond donors (Lipinski definition) is 0. The van der Waals surface area contributed by atoms with E-state index < -0.39 is 0 Å². The molecule has 2 unspecified atom stereocenters. The van der Waals surface area contributed by atoms with E-state index in [0.29, 0.717) is 5.41 Å². The first-order chi connectivity index (χ1) is 5.81. The largest absolute Gasteiger partial charge is 0.0877 e. The third kappa shape index (κ3) is 1.63. The van der Waals surface area contributed by atoms with Crippen molar-refractivity contribution in [3.8, 4) is 0 Å². The Bertz CT molecular complexity index is 188. The molecule has 0 nitrogen and oxygen atoms in total. The molecule has 2 rings (SSSR count). The van der Waals surface area contributed by atoms with Gasteiger partial charge in [0.1, 0.15) is 0 Å². The first kappa shape index (κ1) is 9.57. The molecule has 0 N–H and O–H groups in total. The van der Waals surface area contributed by atoms with Gasteiger partial charge >= 0.3 is 0 Å².